The molecule has 6 heteroatoms. The topological polar surface area (TPSA) is 70.5 Å². The van der Waals surface area contributed by atoms with Gasteiger partial charge in [-0.25, -0.2) is 4.52 Å². The maximum absolute atomic E-state index is 13.0. The molecule has 2 aliphatic rings. The molecule has 1 N–H and O–H groups in total. The van der Waals surface area contributed by atoms with Crippen molar-refractivity contribution in [3.05, 3.63) is 34.0 Å². The van der Waals surface area contributed by atoms with Gasteiger partial charge in [-0.05, 0) is 38.0 Å². The van der Waals surface area contributed by atoms with Gasteiger partial charge in [0.15, 0.2) is 0 Å². The van der Waals surface area contributed by atoms with E-state index in [0.29, 0.717) is 22.2 Å². The predicted molar refractivity (Wildman–Crippen MR) is 86.6 cm³/mol. The second-order valence-corrected chi connectivity index (χ2v) is 7.04. The van der Waals surface area contributed by atoms with Crippen molar-refractivity contribution in [3.63, 3.8) is 0 Å². The third-order valence-corrected chi connectivity index (χ3v) is 5.72. The number of aromatic amines is 1. The third-order valence-electron chi connectivity index (χ3n) is 5.72. The molecule has 2 aromatic heterocycles. The zero-order valence-corrected chi connectivity index (χ0v) is 13.5. The van der Waals surface area contributed by atoms with Gasteiger partial charge in [0.1, 0.15) is 5.52 Å². The fourth-order valence-electron chi connectivity index (χ4n) is 4.35. The first-order valence-corrected chi connectivity index (χ1v) is 8.46. The maximum Gasteiger partial charge on any atom is 0.274 e. The summed E-state index contributed by atoms with van der Waals surface area (Å²) in [4.78, 5) is 29.6. The average molecular weight is 314 g/mol. The lowest BCUT2D eigenvalue weighted by molar-refractivity contribution is 0.0588. The number of rotatable bonds is 1. The number of aryl methyl sites for hydroxylation is 1. The maximum atomic E-state index is 13.0. The molecule has 0 unspecified atom stereocenters. The minimum Gasteiger partial charge on any atom is -0.338 e. The number of amides is 1. The molecule has 3 heterocycles. The summed E-state index contributed by atoms with van der Waals surface area (Å²) in [6, 6.07) is 0. The minimum absolute atomic E-state index is 0.0537. The summed E-state index contributed by atoms with van der Waals surface area (Å²) in [5.41, 5.74) is 1.64. The lowest BCUT2D eigenvalue weighted by Gasteiger charge is -2.39. The van der Waals surface area contributed by atoms with Crippen molar-refractivity contribution >= 4 is 11.4 Å². The summed E-state index contributed by atoms with van der Waals surface area (Å²) in [5.74, 6) is -0.0537. The molecule has 2 aromatic rings. The number of nitrogens with zero attached hydrogens (tertiary/aromatic N) is 3. The Bertz CT molecular complexity index is 804. The molecule has 0 aromatic carbocycles. The molecule has 122 valence electrons. The van der Waals surface area contributed by atoms with Crippen LogP contribution in [-0.4, -0.2) is 38.5 Å². The monoisotopic (exact) mass is 314 g/mol. The highest BCUT2D eigenvalue weighted by Crippen LogP contribution is 2.46. The van der Waals surface area contributed by atoms with Crippen LogP contribution in [0.4, 0.5) is 0 Å². The number of hydrogen-bond donors (Lipinski definition) is 1. The van der Waals surface area contributed by atoms with Gasteiger partial charge >= 0.3 is 0 Å². The lowest BCUT2D eigenvalue weighted by Crippen LogP contribution is -2.42. The fraction of sp³-hybridized carbons (Fsp3) is 0.588. The Hall–Kier alpha value is -2.11. The Labute approximate surface area is 134 Å². The number of aromatic nitrogens is 3. The summed E-state index contributed by atoms with van der Waals surface area (Å²) >= 11 is 0. The van der Waals surface area contributed by atoms with Crippen molar-refractivity contribution in [3.8, 4) is 0 Å². The summed E-state index contributed by atoms with van der Waals surface area (Å²) in [7, 11) is 0. The van der Waals surface area contributed by atoms with E-state index in [2.05, 4.69) is 10.1 Å². The lowest BCUT2D eigenvalue weighted by atomic mass is 9.77. The van der Waals surface area contributed by atoms with Crippen LogP contribution in [0.3, 0.4) is 0 Å². The quantitative estimate of drug-likeness (QED) is 0.876. The van der Waals surface area contributed by atoms with Gasteiger partial charge in [-0.15, -0.1) is 0 Å². The van der Waals surface area contributed by atoms with Gasteiger partial charge in [0.05, 0.1) is 11.3 Å². The Balaban J connectivity index is 1.63. The van der Waals surface area contributed by atoms with E-state index in [-0.39, 0.29) is 11.5 Å². The van der Waals surface area contributed by atoms with Crippen molar-refractivity contribution in [2.75, 3.05) is 13.1 Å². The van der Waals surface area contributed by atoms with Gasteiger partial charge in [-0.3, -0.25) is 9.59 Å². The van der Waals surface area contributed by atoms with Gasteiger partial charge in [0.25, 0.3) is 11.5 Å². The average Bonchev–Trinajstić information content (AvgIpc) is 3.12. The number of carbonyl (C=O) groups excluding carboxylic acids is 1. The molecular weight excluding hydrogens is 292 g/mol. The summed E-state index contributed by atoms with van der Waals surface area (Å²) < 4.78 is 1.50. The van der Waals surface area contributed by atoms with Crippen LogP contribution in [0, 0.1) is 12.3 Å². The van der Waals surface area contributed by atoms with Crippen molar-refractivity contribution < 1.29 is 4.79 Å². The molecule has 0 atom stereocenters. The third kappa shape index (κ3) is 2.28. The van der Waals surface area contributed by atoms with E-state index in [0.717, 1.165) is 25.9 Å². The van der Waals surface area contributed by atoms with Gasteiger partial charge in [0, 0.05) is 25.5 Å². The first-order chi connectivity index (χ1) is 11.1. The highest BCUT2D eigenvalue weighted by molar-refractivity contribution is 6.01. The molecule has 1 saturated carbocycles. The molecule has 1 saturated heterocycles. The van der Waals surface area contributed by atoms with Crippen molar-refractivity contribution in [2.24, 2.45) is 5.41 Å². The van der Waals surface area contributed by atoms with Crippen LogP contribution < -0.4 is 5.56 Å². The number of hydrogen-bond acceptors (Lipinski definition) is 3. The van der Waals surface area contributed by atoms with Gasteiger partial charge in [-0.2, -0.15) is 5.10 Å². The molecule has 6 nitrogen and oxygen atoms in total. The number of piperidine rings is 1. The zero-order valence-electron chi connectivity index (χ0n) is 13.5. The van der Waals surface area contributed by atoms with E-state index < -0.39 is 0 Å². The Morgan fingerprint density at radius 1 is 1.22 bits per heavy atom. The molecule has 4 rings (SSSR count). The number of carbonyl (C=O) groups is 1. The van der Waals surface area contributed by atoms with E-state index in [1.54, 1.807) is 19.3 Å². The normalized spacial score (nSPS) is 20.5. The van der Waals surface area contributed by atoms with E-state index in [1.807, 2.05) is 4.90 Å². The smallest absolute Gasteiger partial charge is 0.274 e. The van der Waals surface area contributed by atoms with Crippen LogP contribution in [-0.2, 0) is 0 Å². The van der Waals surface area contributed by atoms with Crippen LogP contribution in [0.15, 0.2) is 17.2 Å². The number of nitrogens with one attached hydrogen (secondary N) is 1. The van der Waals surface area contributed by atoms with Gasteiger partial charge in [0.2, 0.25) is 0 Å². The molecule has 0 radical (unpaired) electrons. The van der Waals surface area contributed by atoms with E-state index in [4.69, 9.17) is 0 Å². The molecule has 1 aliphatic heterocycles. The van der Waals surface area contributed by atoms with Crippen molar-refractivity contribution in [1.29, 1.82) is 0 Å². The van der Waals surface area contributed by atoms with Crippen LogP contribution in [0.25, 0.3) is 5.52 Å². The minimum atomic E-state index is -0.263. The SMILES string of the molecule is Cc1nn2cc[nH]c(=O)c2c1C(=O)N1CCC2(CCCC2)CC1. The Kier molecular flexibility index (Phi) is 3.28. The predicted octanol–water partition coefficient (Wildman–Crippen LogP) is 2.13. The number of likely N-dealkylation sites (tertiary alicyclic amines) is 1. The molecular formula is C17H22N4O2. The highest BCUT2D eigenvalue weighted by atomic mass is 16.2. The number of H-pyrrole nitrogens is 1. The first-order valence-electron chi connectivity index (χ1n) is 8.46. The standard InChI is InChI=1S/C17H22N4O2/c1-12-13(14-15(22)18-8-11-21(14)19-12)16(23)20-9-6-17(7-10-20)4-2-3-5-17/h8,11H,2-7,9-10H2,1H3,(H,18,22). The van der Waals surface area contributed by atoms with Crippen molar-refractivity contribution in [2.45, 2.75) is 45.4 Å². The van der Waals surface area contributed by atoms with Gasteiger partial charge in [-0.1, -0.05) is 12.8 Å². The van der Waals surface area contributed by atoms with Crippen LogP contribution in [0.1, 0.15) is 54.6 Å². The molecule has 1 aliphatic carbocycles. The summed E-state index contributed by atoms with van der Waals surface area (Å²) in [6.45, 7) is 3.38. The van der Waals surface area contributed by atoms with E-state index >= 15 is 0 Å². The Morgan fingerprint density at radius 2 is 1.91 bits per heavy atom. The fourth-order valence-corrected chi connectivity index (χ4v) is 4.35. The second-order valence-electron chi connectivity index (χ2n) is 7.04. The molecule has 2 fully saturated rings. The van der Waals surface area contributed by atoms with E-state index in [9.17, 15) is 9.59 Å². The largest absolute Gasteiger partial charge is 0.338 e. The Morgan fingerprint density at radius 3 is 2.61 bits per heavy atom. The molecule has 0 bridgehead atoms. The number of fused-ring (bicyclic) bond motifs is 1. The van der Waals surface area contributed by atoms with Crippen molar-refractivity contribution in [1.82, 2.24) is 19.5 Å². The van der Waals surface area contributed by atoms with Crippen LogP contribution in [0.2, 0.25) is 0 Å². The summed E-state index contributed by atoms with van der Waals surface area (Å²) in [5, 5.41) is 4.31. The van der Waals surface area contributed by atoms with E-state index in [1.165, 1.54) is 30.2 Å². The van der Waals surface area contributed by atoms with Gasteiger partial charge < -0.3 is 9.88 Å². The molecule has 23 heavy (non-hydrogen) atoms. The zero-order chi connectivity index (χ0) is 16.0. The second kappa shape index (κ2) is 5.22. The first kappa shape index (κ1) is 14.5. The van der Waals surface area contributed by atoms with Crippen LogP contribution in [0.5, 0.6) is 0 Å². The van der Waals surface area contributed by atoms with Crippen LogP contribution >= 0.6 is 0 Å². The molecule has 1 amide bonds. The summed E-state index contributed by atoms with van der Waals surface area (Å²) in [6.07, 6.45) is 10.7. The highest BCUT2D eigenvalue weighted by Gasteiger charge is 2.38. The molecule has 1 spiro atoms.